The molecular formula is C4H7NO5. The van der Waals surface area contributed by atoms with E-state index in [1.807, 2.05) is 0 Å². The normalized spacial score (nSPS) is 8.50. The summed E-state index contributed by atoms with van der Waals surface area (Å²) in [5.41, 5.74) is 0. The summed E-state index contributed by atoms with van der Waals surface area (Å²) in [5, 5.41) is 8.44. The van der Waals surface area contributed by atoms with Crippen molar-refractivity contribution >= 4 is 5.97 Å². The van der Waals surface area contributed by atoms with Gasteiger partial charge in [-0.3, -0.25) is 9.63 Å². The van der Waals surface area contributed by atoms with Crippen molar-refractivity contribution in [2.75, 3.05) is 6.79 Å². The van der Waals surface area contributed by atoms with Crippen LogP contribution in [-0.2, 0) is 14.4 Å². The van der Waals surface area contributed by atoms with Crippen LogP contribution in [0, 0.1) is 10.1 Å². The Balaban J connectivity index is 3.20. The first-order valence-corrected chi connectivity index (χ1v) is 2.59. The fourth-order valence-corrected chi connectivity index (χ4v) is 0.237. The first-order valence-electron chi connectivity index (χ1n) is 2.59. The monoisotopic (exact) mass is 149 g/mol. The Morgan fingerprint density at radius 2 is 2.30 bits per heavy atom. The van der Waals surface area contributed by atoms with Gasteiger partial charge in [-0.05, 0) is 0 Å². The highest BCUT2D eigenvalue weighted by Gasteiger charge is 1.98. The lowest BCUT2D eigenvalue weighted by molar-refractivity contribution is -0.765. The van der Waals surface area contributed by atoms with E-state index in [-0.39, 0.29) is 6.42 Å². The topological polar surface area (TPSA) is 78.7 Å². The molecule has 0 unspecified atom stereocenters. The molecule has 10 heavy (non-hydrogen) atoms. The van der Waals surface area contributed by atoms with Crippen LogP contribution in [-0.4, -0.2) is 17.8 Å². The SMILES string of the molecule is CCC(=O)OCO[N+](=O)[O-]. The quantitative estimate of drug-likeness (QED) is 0.245. The van der Waals surface area contributed by atoms with Gasteiger partial charge in [0.1, 0.15) is 0 Å². The Labute approximate surface area is 56.8 Å². The van der Waals surface area contributed by atoms with Gasteiger partial charge in [0, 0.05) is 6.42 Å². The van der Waals surface area contributed by atoms with Gasteiger partial charge in [0.25, 0.3) is 5.09 Å². The lowest BCUT2D eigenvalue weighted by atomic mass is 10.5. The molecule has 0 N–H and O–H groups in total. The molecule has 0 amide bonds. The van der Waals surface area contributed by atoms with E-state index in [1.54, 1.807) is 6.92 Å². The average molecular weight is 149 g/mol. The van der Waals surface area contributed by atoms with Crippen molar-refractivity contribution in [2.45, 2.75) is 13.3 Å². The van der Waals surface area contributed by atoms with E-state index in [9.17, 15) is 14.9 Å². The molecule has 6 nitrogen and oxygen atoms in total. The Morgan fingerprint density at radius 3 is 2.70 bits per heavy atom. The van der Waals surface area contributed by atoms with Gasteiger partial charge in [0.05, 0.1) is 0 Å². The van der Waals surface area contributed by atoms with Crippen molar-refractivity contribution in [3.8, 4) is 0 Å². The van der Waals surface area contributed by atoms with E-state index >= 15 is 0 Å². The highest BCUT2D eigenvalue weighted by atomic mass is 17.0. The maximum absolute atomic E-state index is 10.3. The van der Waals surface area contributed by atoms with E-state index in [0.29, 0.717) is 0 Å². The number of carbonyl (C=O) groups excluding carboxylic acids is 1. The molecule has 0 bridgehead atoms. The largest absolute Gasteiger partial charge is 0.438 e. The molecule has 0 aromatic heterocycles. The van der Waals surface area contributed by atoms with E-state index < -0.39 is 17.8 Å². The lowest BCUT2D eigenvalue weighted by Crippen LogP contribution is -2.10. The molecule has 0 heterocycles. The third-order valence-corrected chi connectivity index (χ3v) is 0.667. The molecule has 0 spiro atoms. The minimum absolute atomic E-state index is 0.182. The van der Waals surface area contributed by atoms with Crippen molar-refractivity contribution in [3.05, 3.63) is 10.1 Å². The summed E-state index contributed by atoms with van der Waals surface area (Å²) >= 11 is 0. The second kappa shape index (κ2) is 4.54. The van der Waals surface area contributed by atoms with Gasteiger partial charge in [-0.25, -0.2) is 0 Å². The van der Waals surface area contributed by atoms with Crippen molar-refractivity contribution in [1.82, 2.24) is 0 Å². The molecule has 0 aromatic rings. The van der Waals surface area contributed by atoms with E-state index in [2.05, 4.69) is 9.57 Å². The third kappa shape index (κ3) is 4.82. The second-order valence-electron chi connectivity index (χ2n) is 1.34. The first kappa shape index (κ1) is 8.67. The fraction of sp³-hybridized carbons (Fsp3) is 0.750. The molecule has 0 atom stereocenters. The number of ether oxygens (including phenoxy) is 1. The van der Waals surface area contributed by atoms with Crippen LogP contribution in [0.1, 0.15) is 13.3 Å². The highest BCUT2D eigenvalue weighted by molar-refractivity contribution is 5.68. The second-order valence-corrected chi connectivity index (χ2v) is 1.34. The van der Waals surface area contributed by atoms with E-state index in [1.165, 1.54) is 0 Å². The van der Waals surface area contributed by atoms with Crippen LogP contribution in [0.2, 0.25) is 0 Å². The number of rotatable bonds is 4. The molecule has 0 aliphatic heterocycles. The Morgan fingerprint density at radius 1 is 1.70 bits per heavy atom. The number of nitrogens with zero attached hydrogens (tertiary/aromatic N) is 1. The van der Waals surface area contributed by atoms with Gasteiger partial charge in [0.2, 0.25) is 6.79 Å². The number of carbonyl (C=O) groups is 1. The van der Waals surface area contributed by atoms with Crippen LogP contribution in [0.5, 0.6) is 0 Å². The zero-order chi connectivity index (χ0) is 7.98. The molecule has 0 aromatic carbocycles. The summed E-state index contributed by atoms with van der Waals surface area (Å²) in [7, 11) is 0. The van der Waals surface area contributed by atoms with Crippen LogP contribution in [0.4, 0.5) is 0 Å². The number of hydrogen-bond acceptors (Lipinski definition) is 5. The minimum atomic E-state index is -1.02. The average Bonchev–Trinajstić information content (AvgIpc) is 1.87. The van der Waals surface area contributed by atoms with Crippen LogP contribution in [0.3, 0.4) is 0 Å². The predicted octanol–water partition coefficient (Wildman–Crippen LogP) is 0.105. The van der Waals surface area contributed by atoms with Crippen molar-refractivity contribution in [2.24, 2.45) is 0 Å². The molecule has 58 valence electrons. The molecular weight excluding hydrogens is 142 g/mol. The number of hydrogen-bond donors (Lipinski definition) is 0. The molecule has 0 fully saturated rings. The van der Waals surface area contributed by atoms with E-state index in [4.69, 9.17) is 0 Å². The predicted molar refractivity (Wildman–Crippen MR) is 29.3 cm³/mol. The summed E-state index contributed by atoms with van der Waals surface area (Å²) in [4.78, 5) is 23.4. The molecule has 0 radical (unpaired) electrons. The van der Waals surface area contributed by atoms with Crippen LogP contribution >= 0.6 is 0 Å². The van der Waals surface area contributed by atoms with E-state index in [0.717, 1.165) is 0 Å². The lowest BCUT2D eigenvalue weighted by Gasteiger charge is -1.98. The zero-order valence-corrected chi connectivity index (χ0v) is 5.40. The fourth-order valence-electron chi connectivity index (χ4n) is 0.237. The first-order chi connectivity index (χ1) is 4.66. The van der Waals surface area contributed by atoms with Gasteiger partial charge in [-0.2, -0.15) is 0 Å². The summed E-state index contributed by atoms with van der Waals surface area (Å²) < 4.78 is 4.20. The maximum atomic E-state index is 10.3. The summed E-state index contributed by atoms with van der Waals surface area (Å²) in [6.45, 7) is 0.953. The summed E-state index contributed by atoms with van der Waals surface area (Å²) in [6, 6.07) is 0. The maximum Gasteiger partial charge on any atom is 0.307 e. The standard InChI is InChI=1S/C4H7NO5/c1-2-4(6)9-3-10-5(7)8/h2-3H2,1H3. The van der Waals surface area contributed by atoms with Crippen LogP contribution in [0.15, 0.2) is 0 Å². The highest BCUT2D eigenvalue weighted by Crippen LogP contribution is 1.84. The molecule has 0 aliphatic rings. The summed E-state index contributed by atoms with van der Waals surface area (Å²) in [5.74, 6) is -0.526. The Hall–Kier alpha value is -1.33. The van der Waals surface area contributed by atoms with Gasteiger partial charge in [0.15, 0.2) is 0 Å². The van der Waals surface area contributed by atoms with Crippen molar-refractivity contribution in [3.63, 3.8) is 0 Å². The number of esters is 1. The minimum Gasteiger partial charge on any atom is -0.438 e. The molecule has 0 saturated carbocycles. The molecule has 6 heteroatoms. The molecule has 0 saturated heterocycles. The van der Waals surface area contributed by atoms with Gasteiger partial charge in [-0.1, -0.05) is 6.92 Å². The van der Waals surface area contributed by atoms with Gasteiger partial charge in [-0.15, -0.1) is 10.1 Å². The van der Waals surface area contributed by atoms with Crippen molar-refractivity contribution in [1.29, 1.82) is 0 Å². The Kier molecular flexibility index (Phi) is 3.94. The van der Waals surface area contributed by atoms with Crippen LogP contribution in [0.25, 0.3) is 0 Å². The smallest absolute Gasteiger partial charge is 0.307 e. The van der Waals surface area contributed by atoms with Gasteiger partial charge < -0.3 is 4.74 Å². The molecule has 0 rings (SSSR count). The zero-order valence-electron chi connectivity index (χ0n) is 5.40. The van der Waals surface area contributed by atoms with Crippen LogP contribution < -0.4 is 0 Å². The van der Waals surface area contributed by atoms with Crippen molar-refractivity contribution < 1.29 is 19.5 Å². The van der Waals surface area contributed by atoms with Gasteiger partial charge >= 0.3 is 5.97 Å². The Bertz CT molecular complexity index is 134. The molecule has 0 aliphatic carbocycles. The third-order valence-electron chi connectivity index (χ3n) is 0.667. The summed E-state index contributed by atoms with van der Waals surface area (Å²) in [6.07, 6.45) is 0.182.